The highest BCUT2D eigenvalue weighted by Crippen LogP contribution is 2.28. The summed E-state index contributed by atoms with van der Waals surface area (Å²) in [7, 11) is 0. The Balaban J connectivity index is 2.02. The highest BCUT2D eigenvalue weighted by Gasteiger charge is 2.23. The highest BCUT2D eigenvalue weighted by molar-refractivity contribution is 5.87. The number of allylic oxidation sites excluding steroid dienone is 4. The zero-order chi connectivity index (χ0) is 17.6. The van der Waals surface area contributed by atoms with Crippen molar-refractivity contribution in [1.82, 2.24) is 4.57 Å². The fourth-order valence-electron chi connectivity index (χ4n) is 3.65. The van der Waals surface area contributed by atoms with Gasteiger partial charge in [-0.15, -0.1) is 0 Å². The SMILES string of the molecule is O=[N+]([O-])c1ccc(-c2c(CO)n(CO)c3c2=CC2=CC=CCC=32)cc1. The van der Waals surface area contributed by atoms with E-state index in [1.54, 1.807) is 16.7 Å². The maximum atomic E-state index is 10.9. The number of aromatic nitrogens is 1. The summed E-state index contributed by atoms with van der Waals surface area (Å²) in [5, 5.41) is 32.5. The molecule has 0 saturated heterocycles. The molecule has 0 spiro atoms. The van der Waals surface area contributed by atoms with Gasteiger partial charge in [-0.1, -0.05) is 18.2 Å². The molecule has 0 radical (unpaired) electrons. The first-order chi connectivity index (χ1) is 12.2. The lowest BCUT2D eigenvalue weighted by atomic mass is 10.0. The molecule has 2 aromatic rings. The van der Waals surface area contributed by atoms with Crippen LogP contribution in [0, 0.1) is 10.1 Å². The number of aliphatic hydroxyl groups excluding tert-OH is 2. The van der Waals surface area contributed by atoms with Crippen LogP contribution in [0.1, 0.15) is 12.1 Å². The number of benzene rings is 1. The lowest BCUT2D eigenvalue weighted by Gasteiger charge is -2.11. The number of rotatable bonds is 4. The quantitative estimate of drug-likeness (QED) is 0.651. The minimum Gasteiger partial charge on any atom is -0.390 e. The lowest BCUT2D eigenvalue weighted by molar-refractivity contribution is -0.384. The molecule has 25 heavy (non-hydrogen) atoms. The molecule has 0 bridgehead atoms. The Morgan fingerprint density at radius 1 is 1.20 bits per heavy atom. The van der Waals surface area contributed by atoms with Gasteiger partial charge < -0.3 is 14.8 Å². The molecule has 1 aromatic carbocycles. The minimum absolute atomic E-state index is 0.0199. The number of hydrogen-bond donors (Lipinski definition) is 2. The third-order valence-electron chi connectivity index (χ3n) is 4.73. The summed E-state index contributed by atoms with van der Waals surface area (Å²) in [5.41, 5.74) is 4.44. The number of fused-ring (bicyclic) bond motifs is 2. The van der Waals surface area contributed by atoms with Crippen LogP contribution in [-0.4, -0.2) is 19.7 Å². The predicted molar refractivity (Wildman–Crippen MR) is 93.6 cm³/mol. The third-order valence-corrected chi connectivity index (χ3v) is 4.73. The summed E-state index contributed by atoms with van der Waals surface area (Å²) in [6.07, 6.45) is 8.91. The van der Waals surface area contributed by atoms with E-state index in [9.17, 15) is 20.3 Å². The van der Waals surface area contributed by atoms with Gasteiger partial charge in [-0.05, 0) is 41.3 Å². The van der Waals surface area contributed by atoms with Crippen LogP contribution >= 0.6 is 0 Å². The van der Waals surface area contributed by atoms with E-state index in [1.165, 1.54) is 12.1 Å². The van der Waals surface area contributed by atoms with E-state index in [2.05, 4.69) is 12.2 Å². The van der Waals surface area contributed by atoms with Crippen molar-refractivity contribution in [1.29, 1.82) is 0 Å². The molecular weight excluding hydrogens is 320 g/mol. The van der Waals surface area contributed by atoms with Gasteiger partial charge in [0.1, 0.15) is 6.73 Å². The molecule has 6 heteroatoms. The number of nitro groups is 1. The second kappa shape index (κ2) is 5.84. The van der Waals surface area contributed by atoms with E-state index in [4.69, 9.17) is 0 Å². The van der Waals surface area contributed by atoms with Crippen LogP contribution in [0.15, 0.2) is 48.1 Å². The average molecular weight is 336 g/mol. The van der Waals surface area contributed by atoms with Crippen molar-refractivity contribution in [3.63, 3.8) is 0 Å². The number of nitro benzene ring substituents is 1. The molecular formula is C19H16N2O4. The fourth-order valence-corrected chi connectivity index (χ4v) is 3.65. The van der Waals surface area contributed by atoms with Gasteiger partial charge in [0.25, 0.3) is 5.69 Å². The molecule has 0 unspecified atom stereocenters. The van der Waals surface area contributed by atoms with Crippen LogP contribution in [0.4, 0.5) is 5.69 Å². The van der Waals surface area contributed by atoms with Crippen LogP contribution in [0.3, 0.4) is 0 Å². The summed E-state index contributed by atoms with van der Waals surface area (Å²) >= 11 is 0. The fraction of sp³-hybridized carbons (Fsp3) is 0.158. The zero-order valence-electron chi connectivity index (χ0n) is 13.3. The van der Waals surface area contributed by atoms with Crippen molar-refractivity contribution in [2.75, 3.05) is 0 Å². The van der Waals surface area contributed by atoms with E-state index < -0.39 is 4.92 Å². The van der Waals surface area contributed by atoms with Gasteiger partial charge in [-0.25, -0.2) is 0 Å². The molecule has 0 fully saturated rings. The van der Waals surface area contributed by atoms with Crippen molar-refractivity contribution in [2.45, 2.75) is 19.8 Å². The molecule has 2 aliphatic rings. The maximum absolute atomic E-state index is 10.9. The van der Waals surface area contributed by atoms with Crippen molar-refractivity contribution in [2.24, 2.45) is 0 Å². The average Bonchev–Trinajstić information content (AvgIpc) is 3.15. The molecule has 2 aliphatic carbocycles. The Morgan fingerprint density at radius 2 is 1.96 bits per heavy atom. The summed E-state index contributed by atoms with van der Waals surface area (Å²) in [6.45, 7) is -0.463. The molecule has 126 valence electrons. The first kappa shape index (κ1) is 15.6. The van der Waals surface area contributed by atoms with Crippen LogP contribution in [0.5, 0.6) is 0 Å². The standard InChI is InChI=1S/C19H16N2O4/c22-10-17-18(12-5-7-14(8-6-12)21(24)25)16-9-13-3-1-2-4-15(13)19(16)20(17)11-23/h1-3,5-9,22-23H,4,10-11H2. The zero-order valence-corrected chi connectivity index (χ0v) is 13.3. The van der Waals surface area contributed by atoms with Gasteiger partial charge in [0.05, 0.1) is 22.6 Å². The second-order valence-corrected chi connectivity index (χ2v) is 5.99. The maximum Gasteiger partial charge on any atom is 0.269 e. The molecule has 2 N–H and O–H groups in total. The highest BCUT2D eigenvalue weighted by atomic mass is 16.6. The Morgan fingerprint density at radius 3 is 2.60 bits per heavy atom. The molecule has 0 saturated carbocycles. The summed E-state index contributed by atoms with van der Waals surface area (Å²) in [5.74, 6) is 0. The van der Waals surface area contributed by atoms with E-state index in [0.29, 0.717) is 5.69 Å². The minimum atomic E-state index is -0.437. The number of non-ortho nitro benzene ring substituents is 1. The molecule has 1 aromatic heterocycles. The molecule has 1 heterocycles. The molecule has 4 rings (SSSR count). The second-order valence-electron chi connectivity index (χ2n) is 5.99. The summed E-state index contributed by atoms with van der Waals surface area (Å²) in [6, 6.07) is 6.27. The van der Waals surface area contributed by atoms with Crippen LogP contribution in [0.25, 0.3) is 22.8 Å². The molecule has 6 nitrogen and oxygen atoms in total. The Hall–Kier alpha value is -2.96. The molecule has 0 atom stereocenters. The topological polar surface area (TPSA) is 88.5 Å². The summed E-state index contributed by atoms with van der Waals surface area (Å²) < 4.78 is 1.72. The van der Waals surface area contributed by atoms with Crippen molar-refractivity contribution >= 4 is 17.3 Å². The normalized spacial score (nSPS) is 14.8. The van der Waals surface area contributed by atoms with Crippen LogP contribution < -0.4 is 10.6 Å². The van der Waals surface area contributed by atoms with E-state index in [0.717, 1.165) is 39.3 Å². The summed E-state index contributed by atoms with van der Waals surface area (Å²) in [4.78, 5) is 10.4. The van der Waals surface area contributed by atoms with Crippen LogP contribution in [0.2, 0.25) is 0 Å². The monoisotopic (exact) mass is 336 g/mol. The van der Waals surface area contributed by atoms with Crippen LogP contribution in [-0.2, 0) is 13.3 Å². The van der Waals surface area contributed by atoms with Gasteiger partial charge in [0.2, 0.25) is 0 Å². The third kappa shape index (κ3) is 2.26. The van der Waals surface area contributed by atoms with Gasteiger partial charge in [0, 0.05) is 22.9 Å². The largest absolute Gasteiger partial charge is 0.390 e. The Bertz CT molecular complexity index is 1060. The van der Waals surface area contributed by atoms with E-state index in [-0.39, 0.29) is 19.0 Å². The lowest BCUT2D eigenvalue weighted by Crippen LogP contribution is -2.29. The van der Waals surface area contributed by atoms with Gasteiger partial charge >= 0.3 is 0 Å². The first-order valence-corrected chi connectivity index (χ1v) is 7.95. The number of aliphatic hydroxyl groups is 2. The predicted octanol–water partition coefficient (Wildman–Crippen LogP) is 1.34. The smallest absolute Gasteiger partial charge is 0.269 e. The Kier molecular flexibility index (Phi) is 3.63. The van der Waals surface area contributed by atoms with E-state index in [1.807, 2.05) is 12.2 Å². The first-order valence-electron chi connectivity index (χ1n) is 7.95. The molecule has 0 amide bonds. The van der Waals surface area contributed by atoms with Crippen molar-refractivity contribution in [3.8, 4) is 11.1 Å². The van der Waals surface area contributed by atoms with Crippen molar-refractivity contribution in [3.05, 3.63) is 74.4 Å². The molecule has 0 aliphatic heterocycles. The van der Waals surface area contributed by atoms with E-state index >= 15 is 0 Å². The van der Waals surface area contributed by atoms with Gasteiger partial charge in [0.15, 0.2) is 0 Å². The van der Waals surface area contributed by atoms with Gasteiger partial charge in [-0.2, -0.15) is 0 Å². The number of nitrogens with zero attached hydrogens (tertiary/aromatic N) is 2. The van der Waals surface area contributed by atoms with Crippen molar-refractivity contribution < 1.29 is 15.1 Å². The van der Waals surface area contributed by atoms with Gasteiger partial charge in [-0.3, -0.25) is 10.1 Å². The Labute approximate surface area is 143 Å². The number of hydrogen-bond acceptors (Lipinski definition) is 4.